The molecule has 0 bridgehead atoms. The van der Waals surface area contributed by atoms with Crippen molar-refractivity contribution >= 4 is 33.0 Å². The molecule has 0 aliphatic rings. The van der Waals surface area contributed by atoms with Crippen LogP contribution in [0.2, 0.25) is 0 Å². The van der Waals surface area contributed by atoms with E-state index < -0.39 is 7.92 Å². The normalized spacial score (nSPS) is 10.3. The molecule has 0 saturated heterocycles. The third-order valence-electron chi connectivity index (χ3n) is 3.40. The summed E-state index contributed by atoms with van der Waals surface area (Å²) in [6.07, 6.45) is 0. The molecule has 0 aliphatic heterocycles. The summed E-state index contributed by atoms with van der Waals surface area (Å²) in [6, 6.07) is 18.9. The second-order valence-electron chi connectivity index (χ2n) is 4.90. The van der Waals surface area contributed by atoms with Crippen LogP contribution < -0.4 is 15.9 Å². The minimum atomic E-state index is -1.43. The summed E-state index contributed by atoms with van der Waals surface area (Å²) in [7, 11) is 3.16. The molecule has 0 saturated carbocycles. The third-order valence-corrected chi connectivity index (χ3v) is 6.13. The van der Waals surface area contributed by atoms with E-state index in [1.807, 2.05) is 0 Å². The van der Waals surface area contributed by atoms with Gasteiger partial charge in [-0.05, 0) is 72.8 Å². The molecule has 0 nitrogen and oxygen atoms in total. The molecule has 0 fully saturated rings. The van der Waals surface area contributed by atoms with Crippen molar-refractivity contribution in [2.45, 2.75) is 0 Å². The summed E-state index contributed by atoms with van der Waals surface area (Å²) < 4.78 is 39.5. The molecule has 3 aromatic carbocycles. The molecule has 0 N–H and O–H groups in total. The van der Waals surface area contributed by atoms with Crippen molar-refractivity contribution in [1.82, 2.24) is 0 Å². The van der Waals surface area contributed by atoms with Gasteiger partial charge in [-0.15, -0.1) is 0 Å². The van der Waals surface area contributed by atoms with Crippen molar-refractivity contribution < 1.29 is 33.2 Å². The first-order valence-electron chi connectivity index (χ1n) is 6.90. The summed E-state index contributed by atoms with van der Waals surface area (Å²) in [5.41, 5.74) is 0. The molecule has 0 amide bonds. The first-order valence-corrected chi connectivity index (χ1v) is 11.1. The molecule has 0 aliphatic carbocycles. The summed E-state index contributed by atoms with van der Waals surface area (Å²) in [5, 5.41) is 2.89. The number of halogens is 4. The Morgan fingerprint density at radius 1 is 0.500 bits per heavy atom. The molecule has 0 aromatic heterocycles. The van der Waals surface area contributed by atoms with Crippen LogP contribution in [0.15, 0.2) is 72.8 Å². The van der Waals surface area contributed by atoms with Crippen LogP contribution in [0.25, 0.3) is 0 Å². The SMILES string of the molecule is Fc1ccc([PH+](c2ccc(F)cc2)c2ccc(F)cc2)cc1.[Cl][Au]. The van der Waals surface area contributed by atoms with E-state index >= 15 is 0 Å². The monoisotopic (exact) mass is 549 g/mol. The molecule has 0 spiro atoms. The fourth-order valence-corrected chi connectivity index (χ4v) is 4.85. The second kappa shape index (κ2) is 9.41. The molecule has 24 heavy (non-hydrogen) atoms. The molecule has 3 rings (SSSR count). The van der Waals surface area contributed by atoms with Crippen LogP contribution in [0.5, 0.6) is 0 Å². The van der Waals surface area contributed by atoms with E-state index in [2.05, 4.69) is 9.19 Å². The van der Waals surface area contributed by atoms with Gasteiger partial charge in [0.15, 0.2) is 0 Å². The van der Waals surface area contributed by atoms with E-state index in [0.29, 0.717) is 0 Å². The molecule has 0 atom stereocenters. The molecule has 6 heteroatoms. The third kappa shape index (κ3) is 4.95. The molecular weight excluding hydrogens is 537 g/mol. The first kappa shape index (κ1) is 19.2. The van der Waals surface area contributed by atoms with Crippen molar-refractivity contribution in [2.75, 3.05) is 0 Å². The maximum absolute atomic E-state index is 13.2. The Balaban J connectivity index is 0.00000100. The van der Waals surface area contributed by atoms with Crippen molar-refractivity contribution in [3.05, 3.63) is 90.2 Å². The minimum absolute atomic E-state index is 0.302. The van der Waals surface area contributed by atoms with Crippen molar-refractivity contribution in [3.63, 3.8) is 0 Å². The van der Waals surface area contributed by atoms with Crippen molar-refractivity contribution in [1.29, 1.82) is 0 Å². The first-order chi connectivity index (χ1) is 11.6. The topological polar surface area (TPSA) is 0 Å². The fraction of sp³-hybridized carbons (Fsp3) is 0. The van der Waals surface area contributed by atoms with E-state index in [0.717, 1.165) is 15.9 Å². The van der Waals surface area contributed by atoms with Crippen LogP contribution in [0.3, 0.4) is 0 Å². The van der Waals surface area contributed by atoms with Gasteiger partial charge in [-0.2, -0.15) is 0 Å². The van der Waals surface area contributed by atoms with Gasteiger partial charge >= 0.3 is 29.2 Å². The van der Waals surface area contributed by atoms with Crippen LogP contribution in [-0.2, 0) is 20.0 Å². The fourth-order valence-electron chi connectivity index (χ4n) is 2.35. The summed E-state index contributed by atoms with van der Waals surface area (Å²) in [6.45, 7) is 0. The van der Waals surface area contributed by atoms with Gasteiger partial charge in [-0.1, -0.05) is 0 Å². The van der Waals surface area contributed by atoms with Crippen LogP contribution in [0, 0.1) is 17.5 Å². The van der Waals surface area contributed by atoms with E-state index in [4.69, 9.17) is 0 Å². The Morgan fingerprint density at radius 2 is 0.708 bits per heavy atom. The summed E-state index contributed by atoms with van der Waals surface area (Å²) in [4.78, 5) is 0. The predicted molar refractivity (Wildman–Crippen MR) is 92.3 cm³/mol. The maximum atomic E-state index is 13.2. The van der Waals surface area contributed by atoms with Gasteiger partial charge in [0.2, 0.25) is 0 Å². The quantitative estimate of drug-likeness (QED) is 0.338. The van der Waals surface area contributed by atoms with E-state index in [-0.39, 0.29) is 17.5 Å². The van der Waals surface area contributed by atoms with Crippen LogP contribution in [0.4, 0.5) is 13.2 Å². The van der Waals surface area contributed by atoms with Gasteiger partial charge in [0.1, 0.15) is 33.4 Å². The average Bonchev–Trinajstić information content (AvgIpc) is 2.62. The van der Waals surface area contributed by atoms with E-state index in [1.165, 1.54) is 36.4 Å². The molecule has 128 valence electrons. The van der Waals surface area contributed by atoms with Crippen molar-refractivity contribution in [2.24, 2.45) is 0 Å². The van der Waals surface area contributed by atoms with Crippen LogP contribution >= 0.6 is 17.1 Å². The van der Waals surface area contributed by atoms with Gasteiger partial charge in [0.25, 0.3) is 0 Å². The number of hydrogen-bond acceptors (Lipinski definition) is 0. The van der Waals surface area contributed by atoms with Gasteiger partial charge in [-0.3, -0.25) is 0 Å². The molecule has 0 radical (unpaired) electrons. The Bertz CT molecular complexity index is 654. The summed E-state index contributed by atoms with van der Waals surface area (Å²) >= 11 is 1.75. The molecule has 0 unspecified atom stereocenters. The summed E-state index contributed by atoms with van der Waals surface area (Å²) in [5.74, 6) is -0.907. The molecule has 0 heterocycles. The Hall–Kier alpha value is -1.09. The standard InChI is InChI=1S/C18H12F3P.Au.ClH/c19-13-1-7-16(8-2-13)22(17-9-3-14(20)4-10-17)18-11-5-15(21)6-12-18;;/h1-12H;;1H/q;+1;. The number of hydrogen-bond donors (Lipinski definition) is 0. The Kier molecular flexibility index (Phi) is 7.54. The van der Waals surface area contributed by atoms with Crippen LogP contribution in [0.1, 0.15) is 0 Å². The van der Waals surface area contributed by atoms with Gasteiger partial charge in [0, 0.05) is 0 Å². The van der Waals surface area contributed by atoms with E-state index in [9.17, 15) is 13.2 Å². The Morgan fingerprint density at radius 3 is 0.917 bits per heavy atom. The van der Waals surface area contributed by atoms with E-state index in [1.54, 1.807) is 56.4 Å². The zero-order valence-electron chi connectivity index (χ0n) is 12.2. The van der Waals surface area contributed by atoms with Gasteiger partial charge < -0.3 is 0 Å². The predicted octanol–water partition coefficient (Wildman–Crippen LogP) is 4.28. The van der Waals surface area contributed by atoms with Crippen molar-refractivity contribution in [3.8, 4) is 0 Å². The average molecular weight is 550 g/mol. The van der Waals surface area contributed by atoms with Crippen LogP contribution in [-0.4, -0.2) is 0 Å². The number of benzene rings is 3. The molecular formula is C18H13AuClF3P+. The molecule has 3 aromatic rings. The van der Waals surface area contributed by atoms with Gasteiger partial charge in [0.05, 0.1) is 7.92 Å². The second-order valence-corrected chi connectivity index (χ2v) is 7.38. The van der Waals surface area contributed by atoms with Gasteiger partial charge in [-0.25, -0.2) is 13.2 Å². The number of rotatable bonds is 3. The Labute approximate surface area is 156 Å². The zero-order chi connectivity index (χ0) is 17.5. The zero-order valence-corrected chi connectivity index (χ0v) is 16.2.